The van der Waals surface area contributed by atoms with Crippen molar-refractivity contribution in [3.05, 3.63) is 94.6 Å². The van der Waals surface area contributed by atoms with Gasteiger partial charge in [0.05, 0.1) is 16.6 Å². The normalized spacial score (nSPS) is 25.2. The van der Waals surface area contributed by atoms with Gasteiger partial charge in [-0.25, -0.2) is 0 Å². The molecule has 4 heterocycles. The Labute approximate surface area is 264 Å². The average molecular weight is 595 g/mol. The third-order valence-corrected chi connectivity index (χ3v) is 11.4. The van der Waals surface area contributed by atoms with E-state index in [9.17, 15) is 0 Å². The summed E-state index contributed by atoms with van der Waals surface area (Å²) in [5.74, 6) is 3.15. The number of para-hydroxylation sites is 2. The number of hydrogen-bond acceptors (Lipinski definition) is 2. The highest BCUT2D eigenvalue weighted by Crippen LogP contribution is 2.57. The van der Waals surface area contributed by atoms with Gasteiger partial charge in [-0.15, -0.1) is 0 Å². The maximum Gasteiger partial charge on any atom is 0.128 e. The smallest absolute Gasteiger partial charge is 0.128 e. The minimum absolute atomic E-state index is 0.112. The van der Waals surface area contributed by atoms with E-state index in [0.717, 1.165) is 37.2 Å². The minimum atomic E-state index is -0.304. The molecule has 0 radical (unpaired) electrons. The Morgan fingerprint density at radius 1 is 0.778 bits per heavy atom. The van der Waals surface area contributed by atoms with Crippen LogP contribution >= 0.6 is 0 Å². The summed E-state index contributed by atoms with van der Waals surface area (Å²) in [6, 6.07) is 20.2. The lowest BCUT2D eigenvalue weighted by atomic mass is 9.65. The van der Waals surface area contributed by atoms with Crippen molar-refractivity contribution < 1.29 is 9.47 Å². The Morgan fingerprint density at radius 3 is 2.24 bits per heavy atom. The first kappa shape index (κ1) is 27.2. The quantitative estimate of drug-likeness (QED) is 0.196. The van der Waals surface area contributed by atoms with E-state index in [-0.39, 0.29) is 17.1 Å². The fourth-order valence-electron chi connectivity index (χ4n) is 9.39. The lowest BCUT2D eigenvalue weighted by Gasteiger charge is -2.48. The molecule has 4 atom stereocenters. The molecular formula is C41H42N2O2. The zero-order valence-electron chi connectivity index (χ0n) is 27.3. The summed E-state index contributed by atoms with van der Waals surface area (Å²) in [5, 5.41) is 5.12. The molecule has 4 aromatic carbocycles. The number of allylic oxidation sites excluding steroid dienone is 1. The second-order valence-electron chi connectivity index (χ2n) is 15.3. The number of ether oxygens (including phenoxy) is 2. The van der Waals surface area contributed by atoms with Gasteiger partial charge in [-0.05, 0) is 114 Å². The summed E-state index contributed by atoms with van der Waals surface area (Å²) in [7, 11) is 0. The molecule has 0 spiro atoms. The number of rotatable bonds is 2. The van der Waals surface area contributed by atoms with Crippen molar-refractivity contribution in [3.8, 4) is 11.5 Å². The van der Waals surface area contributed by atoms with Crippen molar-refractivity contribution in [2.75, 3.05) is 0 Å². The van der Waals surface area contributed by atoms with Crippen LogP contribution in [0.2, 0.25) is 0 Å². The lowest BCUT2D eigenvalue weighted by molar-refractivity contribution is 0.00731. The molecule has 2 aromatic heterocycles. The summed E-state index contributed by atoms with van der Waals surface area (Å²) in [4.78, 5) is 7.87. The van der Waals surface area contributed by atoms with Gasteiger partial charge in [-0.1, -0.05) is 48.6 Å². The van der Waals surface area contributed by atoms with E-state index in [2.05, 4.69) is 113 Å². The molecule has 228 valence electrons. The standard InChI is InChI=1S/C41H42N2O2/c1-21(2)24-15-16-41(7)20-31(24)34-37-29(18-23(4)39(34)45-41)26-12-10-13-27(35(26)43-37)30-19-40(5,6)44-38-22(3)17-28-25-11-8-9-14-32(25)42-36(28)33(30)38/h8-14,17-18,24,30-31,42-43H,1,15-16,19-20H2,2-7H3/t24-,30+,31?,41-/m1/s1. The predicted molar refractivity (Wildman–Crippen MR) is 186 cm³/mol. The Balaban J connectivity index is 1.33. The molecule has 1 aliphatic carbocycles. The summed E-state index contributed by atoms with van der Waals surface area (Å²) in [6.45, 7) is 17.9. The Morgan fingerprint density at radius 2 is 1.47 bits per heavy atom. The van der Waals surface area contributed by atoms with E-state index in [4.69, 9.17) is 9.47 Å². The van der Waals surface area contributed by atoms with Crippen LogP contribution in [-0.4, -0.2) is 21.2 Å². The first-order valence-electron chi connectivity index (χ1n) is 16.7. The number of hydrogen-bond donors (Lipinski definition) is 2. The van der Waals surface area contributed by atoms with E-state index in [1.807, 2.05) is 0 Å². The van der Waals surface area contributed by atoms with Gasteiger partial charge in [-0.3, -0.25) is 0 Å². The monoisotopic (exact) mass is 594 g/mol. The van der Waals surface area contributed by atoms with E-state index in [0.29, 0.717) is 11.8 Å². The van der Waals surface area contributed by atoms with Gasteiger partial charge in [0.2, 0.25) is 0 Å². The number of H-pyrrole nitrogens is 2. The molecule has 6 aromatic rings. The number of aromatic amines is 2. The molecule has 2 bridgehead atoms. The van der Waals surface area contributed by atoms with Gasteiger partial charge >= 0.3 is 0 Å². The molecule has 3 aliphatic rings. The highest BCUT2D eigenvalue weighted by atomic mass is 16.5. The summed E-state index contributed by atoms with van der Waals surface area (Å²) >= 11 is 0. The first-order chi connectivity index (χ1) is 21.5. The number of nitrogens with one attached hydrogen (secondary N) is 2. The molecule has 1 unspecified atom stereocenters. The zero-order valence-corrected chi connectivity index (χ0v) is 27.3. The fourth-order valence-corrected chi connectivity index (χ4v) is 9.39. The molecule has 4 nitrogen and oxygen atoms in total. The third-order valence-electron chi connectivity index (χ3n) is 11.4. The lowest BCUT2D eigenvalue weighted by Crippen LogP contribution is -2.44. The number of fused-ring (bicyclic) bond motifs is 13. The molecule has 1 saturated carbocycles. The van der Waals surface area contributed by atoms with Crippen LogP contribution in [0.5, 0.6) is 11.5 Å². The highest BCUT2D eigenvalue weighted by molar-refractivity contribution is 6.12. The highest BCUT2D eigenvalue weighted by Gasteiger charge is 2.47. The summed E-state index contributed by atoms with van der Waals surface area (Å²) < 4.78 is 13.7. The number of aromatic nitrogens is 2. The third kappa shape index (κ3) is 3.78. The van der Waals surface area contributed by atoms with Gasteiger partial charge in [0, 0.05) is 44.1 Å². The Hall–Kier alpha value is -4.18. The number of aryl methyl sites for hydroxylation is 2. The maximum absolute atomic E-state index is 6.89. The molecule has 2 aliphatic heterocycles. The van der Waals surface area contributed by atoms with Crippen LogP contribution in [0.4, 0.5) is 0 Å². The van der Waals surface area contributed by atoms with E-state index in [1.165, 1.54) is 77.0 Å². The molecule has 0 amide bonds. The zero-order chi connectivity index (χ0) is 31.0. The number of benzene rings is 4. The van der Waals surface area contributed by atoms with E-state index in [1.54, 1.807) is 0 Å². The summed E-state index contributed by atoms with van der Waals surface area (Å²) in [6.07, 6.45) is 4.14. The van der Waals surface area contributed by atoms with Crippen LogP contribution in [0.3, 0.4) is 0 Å². The van der Waals surface area contributed by atoms with Crippen molar-refractivity contribution in [2.45, 2.75) is 90.3 Å². The van der Waals surface area contributed by atoms with Gasteiger partial charge in [0.15, 0.2) is 0 Å². The van der Waals surface area contributed by atoms with Crippen LogP contribution in [0.15, 0.2) is 66.7 Å². The topological polar surface area (TPSA) is 50.0 Å². The Bertz CT molecular complexity index is 2250. The molecule has 2 N–H and O–H groups in total. The largest absolute Gasteiger partial charge is 0.487 e. The maximum atomic E-state index is 6.89. The van der Waals surface area contributed by atoms with Crippen molar-refractivity contribution in [1.29, 1.82) is 0 Å². The van der Waals surface area contributed by atoms with Crippen molar-refractivity contribution in [3.63, 3.8) is 0 Å². The first-order valence-corrected chi connectivity index (χ1v) is 16.7. The molecule has 0 saturated heterocycles. The molecular weight excluding hydrogens is 552 g/mol. The second kappa shape index (κ2) is 8.96. The van der Waals surface area contributed by atoms with Crippen LogP contribution in [-0.2, 0) is 0 Å². The van der Waals surface area contributed by atoms with Crippen molar-refractivity contribution in [2.24, 2.45) is 5.92 Å². The molecule has 45 heavy (non-hydrogen) atoms. The Kier molecular flexibility index (Phi) is 5.41. The van der Waals surface area contributed by atoms with Gasteiger partial charge in [-0.2, -0.15) is 0 Å². The van der Waals surface area contributed by atoms with Crippen molar-refractivity contribution >= 4 is 43.6 Å². The molecule has 1 fully saturated rings. The fraction of sp³-hybridized carbons (Fsp3) is 0.366. The second-order valence-corrected chi connectivity index (χ2v) is 15.3. The van der Waals surface area contributed by atoms with Gasteiger partial charge in [0.25, 0.3) is 0 Å². The average Bonchev–Trinajstić information content (AvgIpc) is 3.54. The predicted octanol–water partition coefficient (Wildman–Crippen LogP) is 10.9. The van der Waals surface area contributed by atoms with Crippen molar-refractivity contribution in [1.82, 2.24) is 9.97 Å². The van der Waals surface area contributed by atoms with Gasteiger partial charge in [0.1, 0.15) is 22.7 Å². The van der Waals surface area contributed by atoms with Crippen LogP contribution in [0.1, 0.15) is 93.0 Å². The SMILES string of the molecule is C=C(C)[C@H]1CC[C@]2(C)CC1c1c(c(C)cc3c1[nH]c1c([C@@H]4CC(C)(C)Oc5c(C)cc6c([nH]c7ccccc76)c54)cccc13)O2. The molecule has 4 heteroatoms. The van der Waals surface area contributed by atoms with Gasteiger partial charge < -0.3 is 19.4 Å². The van der Waals surface area contributed by atoms with Crippen LogP contribution in [0, 0.1) is 19.8 Å². The van der Waals surface area contributed by atoms with Crippen LogP contribution in [0.25, 0.3) is 43.6 Å². The van der Waals surface area contributed by atoms with Crippen LogP contribution < -0.4 is 9.47 Å². The molecule has 9 rings (SSSR count). The van der Waals surface area contributed by atoms with E-state index >= 15 is 0 Å². The minimum Gasteiger partial charge on any atom is -0.487 e. The summed E-state index contributed by atoms with van der Waals surface area (Å²) in [5.41, 5.74) is 12.1. The van der Waals surface area contributed by atoms with E-state index < -0.39 is 0 Å².